The van der Waals surface area contributed by atoms with Crippen LogP contribution in [0.2, 0.25) is 0 Å². The molecule has 7 heteroatoms. The lowest BCUT2D eigenvalue weighted by Gasteiger charge is -2.08. The number of unbranched alkanes of at least 4 members (excludes halogenated alkanes) is 2. The molecule has 0 fully saturated rings. The number of hydrogen-bond donors (Lipinski definition) is 2. The molecular formula is C12H16FNO4S. The lowest BCUT2D eigenvalue weighted by molar-refractivity contribution is 0.0696. The van der Waals surface area contributed by atoms with Gasteiger partial charge in [-0.3, -0.25) is 0 Å². The van der Waals surface area contributed by atoms with Gasteiger partial charge < -0.3 is 5.11 Å². The van der Waals surface area contributed by atoms with E-state index in [-0.39, 0.29) is 12.1 Å². The summed E-state index contributed by atoms with van der Waals surface area (Å²) in [6.45, 7) is 2.18. The third-order valence-corrected chi connectivity index (χ3v) is 4.02. The van der Waals surface area contributed by atoms with E-state index in [2.05, 4.69) is 4.72 Å². The number of carbonyl (C=O) groups is 1. The third-order valence-electron chi connectivity index (χ3n) is 2.54. The smallest absolute Gasteiger partial charge is 0.335 e. The SMILES string of the molecule is CCCCCNS(=O)(=O)c1cc(C(=O)O)ccc1F. The summed E-state index contributed by atoms with van der Waals surface area (Å²) in [5.41, 5.74) is -0.268. The molecule has 0 bridgehead atoms. The summed E-state index contributed by atoms with van der Waals surface area (Å²) in [4.78, 5) is 10.1. The molecule has 2 N–H and O–H groups in total. The molecule has 1 aromatic carbocycles. The van der Waals surface area contributed by atoms with E-state index in [1.54, 1.807) is 0 Å². The summed E-state index contributed by atoms with van der Waals surface area (Å²) >= 11 is 0. The maximum Gasteiger partial charge on any atom is 0.335 e. The maximum absolute atomic E-state index is 13.5. The van der Waals surface area contributed by atoms with Crippen LogP contribution >= 0.6 is 0 Å². The van der Waals surface area contributed by atoms with Gasteiger partial charge in [0.05, 0.1) is 5.56 Å². The first kappa shape index (κ1) is 15.6. The highest BCUT2D eigenvalue weighted by Gasteiger charge is 2.20. The van der Waals surface area contributed by atoms with Crippen molar-refractivity contribution in [1.82, 2.24) is 4.72 Å². The fourth-order valence-corrected chi connectivity index (χ4v) is 2.68. The van der Waals surface area contributed by atoms with Gasteiger partial charge in [-0.15, -0.1) is 0 Å². The Morgan fingerprint density at radius 3 is 2.63 bits per heavy atom. The Labute approximate surface area is 111 Å². The van der Waals surface area contributed by atoms with E-state index in [1.807, 2.05) is 6.92 Å². The molecule has 0 radical (unpaired) electrons. The monoisotopic (exact) mass is 289 g/mol. The van der Waals surface area contributed by atoms with E-state index in [1.165, 1.54) is 0 Å². The van der Waals surface area contributed by atoms with Crippen LogP contribution in [-0.2, 0) is 10.0 Å². The number of aromatic carboxylic acids is 1. The maximum atomic E-state index is 13.5. The highest BCUT2D eigenvalue weighted by molar-refractivity contribution is 7.89. The molecule has 0 aliphatic rings. The Bertz CT molecular complexity index is 557. The lowest BCUT2D eigenvalue weighted by atomic mass is 10.2. The zero-order valence-electron chi connectivity index (χ0n) is 10.5. The molecule has 0 atom stereocenters. The van der Waals surface area contributed by atoms with E-state index in [0.717, 1.165) is 31.0 Å². The minimum absolute atomic E-state index is 0.201. The van der Waals surface area contributed by atoms with E-state index in [9.17, 15) is 17.6 Å². The van der Waals surface area contributed by atoms with Gasteiger partial charge in [-0.25, -0.2) is 22.3 Å². The highest BCUT2D eigenvalue weighted by Crippen LogP contribution is 2.16. The predicted octanol–water partition coefficient (Wildman–Crippen LogP) is 1.99. The molecular weight excluding hydrogens is 273 g/mol. The highest BCUT2D eigenvalue weighted by atomic mass is 32.2. The summed E-state index contributed by atoms with van der Waals surface area (Å²) in [5.74, 6) is -2.27. The predicted molar refractivity (Wildman–Crippen MR) is 68.1 cm³/mol. The number of carboxylic acids is 1. The molecule has 5 nitrogen and oxygen atoms in total. The van der Waals surface area contributed by atoms with Crippen LogP contribution in [0.4, 0.5) is 4.39 Å². The molecule has 0 amide bonds. The topological polar surface area (TPSA) is 83.5 Å². The number of benzene rings is 1. The standard InChI is InChI=1S/C12H16FNO4S/c1-2-3-4-7-14-19(17,18)11-8-9(12(15)16)5-6-10(11)13/h5-6,8,14H,2-4,7H2,1H3,(H,15,16). The van der Waals surface area contributed by atoms with Crippen LogP contribution in [0.5, 0.6) is 0 Å². The molecule has 0 saturated heterocycles. The molecule has 0 unspecified atom stereocenters. The summed E-state index contributed by atoms with van der Waals surface area (Å²) < 4.78 is 39.4. The summed E-state index contributed by atoms with van der Waals surface area (Å²) in [5, 5.41) is 8.77. The van der Waals surface area contributed by atoms with Crippen molar-refractivity contribution < 1.29 is 22.7 Å². The molecule has 0 saturated carbocycles. The second-order valence-corrected chi connectivity index (χ2v) is 5.79. The summed E-state index contributed by atoms with van der Waals surface area (Å²) in [6, 6.07) is 2.68. The van der Waals surface area contributed by atoms with Crippen molar-refractivity contribution in [3.8, 4) is 0 Å². The third kappa shape index (κ3) is 4.29. The Morgan fingerprint density at radius 1 is 1.37 bits per heavy atom. The number of nitrogens with one attached hydrogen (secondary N) is 1. The van der Waals surface area contributed by atoms with Crippen LogP contribution in [0.25, 0.3) is 0 Å². The van der Waals surface area contributed by atoms with Crippen LogP contribution in [-0.4, -0.2) is 26.0 Å². The second kappa shape index (κ2) is 6.63. The first-order valence-electron chi connectivity index (χ1n) is 5.91. The van der Waals surface area contributed by atoms with Gasteiger partial charge in [-0.05, 0) is 24.6 Å². The minimum atomic E-state index is -4.02. The molecule has 19 heavy (non-hydrogen) atoms. The van der Waals surface area contributed by atoms with Gasteiger partial charge in [0.25, 0.3) is 0 Å². The van der Waals surface area contributed by atoms with Crippen LogP contribution in [0.15, 0.2) is 23.1 Å². The van der Waals surface area contributed by atoms with Gasteiger partial charge in [0.1, 0.15) is 10.7 Å². The average Bonchev–Trinajstić information content (AvgIpc) is 2.34. The number of rotatable bonds is 7. The van der Waals surface area contributed by atoms with Crippen LogP contribution in [0.3, 0.4) is 0 Å². The van der Waals surface area contributed by atoms with Crippen molar-refractivity contribution in [1.29, 1.82) is 0 Å². The molecule has 0 heterocycles. The van der Waals surface area contributed by atoms with Gasteiger partial charge in [0.2, 0.25) is 10.0 Å². The molecule has 0 spiro atoms. The fraction of sp³-hybridized carbons (Fsp3) is 0.417. The van der Waals surface area contributed by atoms with Crippen molar-refractivity contribution in [3.05, 3.63) is 29.6 Å². The lowest BCUT2D eigenvalue weighted by Crippen LogP contribution is -2.26. The largest absolute Gasteiger partial charge is 0.478 e. The summed E-state index contributed by atoms with van der Waals surface area (Å²) in [6.07, 6.45) is 2.45. The van der Waals surface area contributed by atoms with Gasteiger partial charge in [-0.1, -0.05) is 19.8 Å². The van der Waals surface area contributed by atoms with Crippen LogP contribution in [0.1, 0.15) is 36.5 Å². The fourth-order valence-electron chi connectivity index (χ4n) is 1.50. The quantitative estimate of drug-likeness (QED) is 0.752. The Kier molecular flexibility index (Phi) is 5.44. The molecule has 0 aliphatic heterocycles. The van der Waals surface area contributed by atoms with Crippen LogP contribution in [0, 0.1) is 5.82 Å². The molecule has 1 rings (SSSR count). The van der Waals surface area contributed by atoms with Crippen LogP contribution < -0.4 is 4.72 Å². The van der Waals surface area contributed by atoms with E-state index in [0.29, 0.717) is 6.42 Å². The normalized spacial score (nSPS) is 11.5. The Balaban J connectivity index is 2.94. The van der Waals surface area contributed by atoms with E-state index in [4.69, 9.17) is 5.11 Å². The second-order valence-electron chi connectivity index (χ2n) is 4.06. The molecule has 1 aromatic rings. The van der Waals surface area contributed by atoms with Gasteiger partial charge >= 0.3 is 5.97 Å². The van der Waals surface area contributed by atoms with E-state index < -0.39 is 26.7 Å². The van der Waals surface area contributed by atoms with Crippen molar-refractivity contribution in [2.75, 3.05) is 6.54 Å². The first-order chi connectivity index (χ1) is 8.88. The van der Waals surface area contributed by atoms with Gasteiger partial charge in [0.15, 0.2) is 0 Å². The average molecular weight is 289 g/mol. The number of halogens is 1. The Morgan fingerprint density at radius 2 is 2.05 bits per heavy atom. The van der Waals surface area contributed by atoms with Gasteiger partial charge in [0, 0.05) is 6.54 Å². The first-order valence-corrected chi connectivity index (χ1v) is 7.39. The summed E-state index contributed by atoms with van der Waals surface area (Å²) in [7, 11) is -4.02. The molecule has 0 aromatic heterocycles. The molecule has 0 aliphatic carbocycles. The van der Waals surface area contributed by atoms with Crippen molar-refractivity contribution in [3.63, 3.8) is 0 Å². The Hall–Kier alpha value is -1.47. The van der Waals surface area contributed by atoms with Crippen molar-refractivity contribution in [2.45, 2.75) is 31.1 Å². The number of hydrogen-bond acceptors (Lipinski definition) is 3. The zero-order chi connectivity index (χ0) is 14.5. The minimum Gasteiger partial charge on any atom is -0.478 e. The number of carboxylic acid groups (broad SMARTS) is 1. The number of sulfonamides is 1. The molecule has 106 valence electrons. The van der Waals surface area contributed by atoms with Gasteiger partial charge in [-0.2, -0.15) is 0 Å². The van der Waals surface area contributed by atoms with Crippen molar-refractivity contribution >= 4 is 16.0 Å². The zero-order valence-corrected chi connectivity index (χ0v) is 11.3. The van der Waals surface area contributed by atoms with E-state index >= 15 is 0 Å². The van der Waals surface area contributed by atoms with Crippen molar-refractivity contribution in [2.24, 2.45) is 0 Å².